The molecule has 0 spiro atoms. The second-order valence-electron chi connectivity index (χ2n) is 3.25. The molecule has 70 valence electrons. The van der Waals surface area contributed by atoms with Crippen molar-refractivity contribution in [2.45, 2.75) is 19.3 Å². The van der Waals surface area contributed by atoms with Gasteiger partial charge in [-0.2, -0.15) is 5.26 Å². The Balaban J connectivity index is 0.00000144. The van der Waals surface area contributed by atoms with Gasteiger partial charge in [0.2, 0.25) is 0 Å². The fraction of sp³-hybridized carbons (Fsp3) is 0.300. The third-order valence-electron chi connectivity index (χ3n) is 1.83. The highest BCUT2D eigenvalue weighted by Gasteiger charge is 2.19. The number of rotatable bonds is 1. The first kappa shape index (κ1) is 12.7. The highest BCUT2D eigenvalue weighted by atomic mass is 127. The second kappa shape index (κ2) is 4.83. The first-order valence-electron chi connectivity index (χ1n) is 3.73. The van der Waals surface area contributed by atoms with Crippen LogP contribution in [-0.2, 0) is 5.41 Å². The summed E-state index contributed by atoms with van der Waals surface area (Å²) in [5.41, 5.74) is 0.707. The number of nitrogens with zero attached hydrogens (tertiary/aromatic N) is 1. The Morgan fingerprint density at radius 2 is 2.00 bits per heavy atom. The van der Waals surface area contributed by atoms with Crippen molar-refractivity contribution in [3.8, 4) is 6.07 Å². The van der Waals surface area contributed by atoms with E-state index in [9.17, 15) is 0 Å². The summed E-state index contributed by atoms with van der Waals surface area (Å²) in [6, 6.07) is 10.3. The largest absolute Gasteiger partial charge is 0.197 e. The van der Waals surface area contributed by atoms with Crippen LogP contribution in [0.5, 0.6) is 0 Å². The first-order chi connectivity index (χ1) is 5.56. The summed E-state index contributed by atoms with van der Waals surface area (Å²) in [5, 5.41) is 8.89. The van der Waals surface area contributed by atoms with E-state index in [-0.39, 0.29) is 17.8 Å². The molecule has 0 atom stereocenters. The van der Waals surface area contributed by atoms with Crippen molar-refractivity contribution < 1.29 is 0 Å². The van der Waals surface area contributed by atoms with Gasteiger partial charge in [-0.1, -0.05) is 12.1 Å². The maximum absolute atomic E-state index is 8.89. The smallest absolute Gasteiger partial charge is 0.0766 e. The van der Waals surface area contributed by atoms with Gasteiger partial charge in [-0.25, -0.2) is 0 Å². The van der Waals surface area contributed by atoms with Gasteiger partial charge in [-0.05, 0) is 54.1 Å². The van der Waals surface area contributed by atoms with Gasteiger partial charge in [0.05, 0.1) is 11.5 Å². The van der Waals surface area contributed by atoms with Crippen molar-refractivity contribution in [1.82, 2.24) is 0 Å². The average Bonchev–Trinajstić information content (AvgIpc) is 2.05. The van der Waals surface area contributed by atoms with E-state index in [1.165, 1.54) is 3.57 Å². The normalized spacial score (nSPS) is 10.0. The zero-order valence-electron chi connectivity index (χ0n) is 7.54. The van der Waals surface area contributed by atoms with Crippen LogP contribution in [0.4, 0.5) is 0 Å². The zero-order valence-corrected chi connectivity index (χ0v) is 10.5. The summed E-state index contributed by atoms with van der Waals surface area (Å²) in [6.45, 7) is 3.86. The molecule has 0 saturated carbocycles. The molecule has 0 heterocycles. The summed E-state index contributed by atoms with van der Waals surface area (Å²) in [6.07, 6.45) is 0. The van der Waals surface area contributed by atoms with E-state index in [0.29, 0.717) is 0 Å². The van der Waals surface area contributed by atoms with Crippen LogP contribution in [0.3, 0.4) is 0 Å². The Labute approximate surface area is 98.7 Å². The van der Waals surface area contributed by atoms with Crippen molar-refractivity contribution in [2.24, 2.45) is 0 Å². The Hall–Kier alpha value is -0.270. The van der Waals surface area contributed by atoms with Crippen LogP contribution in [0.2, 0.25) is 0 Å². The van der Waals surface area contributed by atoms with E-state index in [2.05, 4.69) is 28.7 Å². The van der Waals surface area contributed by atoms with Gasteiger partial charge in [0.1, 0.15) is 0 Å². The van der Waals surface area contributed by atoms with E-state index in [1.807, 2.05) is 38.1 Å². The minimum absolute atomic E-state index is 0. The van der Waals surface area contributed by atoms with Gasteiger partial charge in [-0.3, -0.25) is 0 Å². The molecule has 0 fully saturated rings. The molecule has 3 heteroatoms. The summed E-state index contributed by atoms with van der Waals surface area (Å²) < 4.78 is 1.17. The molecule has 0 saturated heterocycles. The molecular weight excluding hydrogens is 296 g/mol. The highest BCUT2D eigenvalue weighted by molar-refractivity contribution is 14.1. The Bertz CT molecular complexity index is 328. The molecule has 1 aromatic carbocycles. The van der Waals surface area contributed by atoms with Crippen molar-refractivity contribution in [1.29, 1.82) is 5.26 Å². The number of nitriles is 1. The molecule has 0 unspecified atom stereocenters. The molecule has 0 amide bonds. The lowest BCUT2D eigenvalue weighted by Crippen LogP contribution is -2.13. The van der Waals surface area contributed by atoms with E-state index in [1.54, 1.807) is 0 Å². The summed E-state index contributed by atoms with van der Waals surface area (Å²) in [4.78, 5) is 0. The van der Waals surface area contributed by atoms with Crippen molar-refractivity contribution in [2.75, 3.05) is 0 Å². The van der Waals surface area contributed by atoms with Gasteiger partial charge < -0.3 is 0 Å². The quantitative estimate of drug-likeness (QED) is 0.728. The number of hydrogen-bond donors (Lipinski definition) is 0. The minimum atomic E-state index is -0.374. The van der Waals surface area contributed by atoms with Gasteiger partial charge in [-0.15, -0.1) is 12.4 Å². The number of halogens is 2. The molecule has 1 aromatic rings. The predicted octanol–water partition coefficient (Wildman–Crippen LogP) is 3.51. The molecule has 0 aliphatic carbocycles. The molecule has 13 heavy (non-hydrogen) atoms. The van der Waals surface area contributed by atoms with Crippen LogP contribution < -0.4 is 0 Å². The maximum Gasteiger partial charge on any atom is 0.0766 e. The molecule has 1 nitrogen and oxygen atoms in total. The van der Waals surface area contributed by atoms with E-state index in [4.69, 9.17) is 5.26 Å². The van der Waals surface area contributed by atoms with Crippen LogP contribution in [-0.4, -0.2) is 0 Å². The summed E-state index contributed by atoms with van der Waals surface area (Å²) >= 11 is 2.25. The van der Waals surface area contributed by atoms with E-state index >= 15 is 0 Å². The first-order valence-corrected chi connectivity index (χ1v) is 4.81. The van der Waals surface area contributed by atoms with Crippen LogP contribution in [0, 0.1) is 14.9 Å². The van der Waals surface area contributed by atoms with Crippen molar-refractivity contribution in [3.63, 3.8) is 0 Å². The SMILES string of the molecule is CC(C)(C#N)c1cccc(I)c1.Cl. The van der Waals surface area contributed by atoms with Gasteiger partial charge in [0.25, 0.3) is 0 Å². The third kappa shape index (κ3) is 3.17. The molecule has 0 aliphatic rings. The van der Waals surface area contributed by atoms with Crippen LogP contribution in [0.1, 0.15) is 19.4 Å². The van der Waals surface area contributed by atoms with Crippen LogP contribution >= 0.6 is 35.0 Å². The Morgan fingerprint density at radius 1 is 1.38 bits per heavy atom. The Morgan fingerprint density at radius 3 is 2.46 bits per heavy atom. The topological polar surface area (TPSA) is 23.8 Å². The van der Waals surface area contributed by atoms with Crippen molar-refractivity contribution in [3.05, 3.63) is 33.4 Å². The lowest BCUT2D eigenvalue weighted by atomic mass is 9.87. The molecule has 0 aliphatic heterocycles. The minimum Gasteiger partial charge on any atom is -0.197 e. The molecule has 0 N–H and O–H groups in total. The fourth-order valence-corrected chi connectivity index (χ4v) is 1.48. The molecular formula is C10H11ClIN. The van der Waals surface area contributed by atoms with Crippen LogP contribution in [0.15, 0.2) is 24.3 Å². The van der Waals surface area contributed by atoms with E-state index < -0.39 is 0 Å². The van der Waals surface area contributed by atoms with Gasteiger partial charge in [0.15, 0.2) is 0 Å². The zero-order chi connectivity index (χ0) is 9.19. The molecule has 1 rings (SSSR count). The van der Waals surface area contributed by atoms with E-state index in [0.717, 1.165) is 5.56 Å². The third-order valence-corrected chi connectivity index (χ3v) is 2.50. The number of hydrogen-bond acceptors (Lipinski definition) is 1. The lowest BCUT2D eigenvalue weighted by Gasteiger charge is -2.15. The summed E-state index contributed by atoms with van der Waals surface area (Å²) in [7, 11) is 0. The maximum atomic E-state index is 8.89. The predicted molar refractivity (Wildman–Crippen MR) is 65.0 cm³/mol. The molecule has 0 aromatic heterocycles. The monoisotopic (exact) mass is 307 g/mol. The van der Waals surface area contributed by atoms with Crippen molar-refractivity contribution >= 4 is 35.0 Å². The van der Waals surface area contributed by atoms with Crippen LogP contribution in [0.25, 0.3) is 0 Å². The fourth-order valence-electron chi connectivity index (χ4n) is 0.942. The van der Waals surface area contributed by atoms with Gasteiger partial charge >= 0.3 is 0 Å². The lowest BCUT2D eigenvalue weighted by molar-refractivity contribution is 0.686. The summed E-state index contributed by atoms with van der Waals surface area (Å²) in [5.74, 6) is 0. The number of benzene rings is 1. The second-order valence-corrected chi connectivity index (χ2v) is 4.49. The Kier molecular flexibility index (Phi) is 4.72. The molecule has 0 radical (unpaired) electrons. The van der Waals surface area contributed by atoms with Gasteiger partial charge in [0, 0.05) is 3.57 Å². The highest BCUT2D eigenvalue weighted by Crippen LogP contribution is 2.23. The average molecular weight is 308 g/mol. The standard InChI is InChI=1S/C10H10IN.ClH/c1-10(2,7-12)8-4-3-5-9(11)6-8;/h3-6H,1-2H3;1H. The molecule has 0 bridgehead atoms.